The van der Waals surface area contributed by atoms with Gasteiger partial charge in [0, 0.05) is 18.7 Å². The Morgan fingerprint density at radius 2 is 1.94 bits per heavy atom. The molecule has 0 fully saturated rings. The molecule has 0 aliphatic rings. The SMILES string of the molecule is CCOCCN(CC)CCCC(CC)(CO)NC. The van der Waals surface area contributed by atoms with Gasteiger partial charge in [-0.25, -0.2) is 0 Å². The van der Waals surface area contributed by atoms with Gasteiger partial charge in [-0.3, -0.25) is 0 Å². The van der Waals surface area contributed by atoms with E-state index >= 15 is 0 Å². The highest BCUT2D eigenvalue weighted by atomic mass is 16.5. The molecule has 4 nitrogen and oxygen atoms in total. The molecule has 4 heteroatoms. The first-order valence-corrected chi connectivity index (χ1v) is 7.27. The van der Waals surface area contributed by atoms with Crippen molar-refractivity contribution in [2.45, 2.75) is 45.6 Å². The summed E-state index contributed by atoms with van der Waals surface area (Å²) in [7, 11) is 1.94. The number of ether oxygens (including phenoxy) is 1. The topological polar surface area (TPSA) is 44.7 Å². The number of aliphatic hydroxyl groups is 1. The maximum Gasteiger partial charge on any atom is 0.0613 e. The summed E-state index contributed by atoms with van der Waals surface area (Å²) in [6, 6.07) is 0. The molecule has 0 aromatic rings. The largest absolute Gasteiger partial charge is 0.394 e. The smallest absolute Gasteiger partial charge is 0.0613 e. The highest BCUT2D eigenvalue weighted by Gasteiger charge is 2.24. The Hall–Kier alpha value is -0.160. The fraction of sp³-hybridized carbons (Fsp3) is 1.00. The molecule has 0 heterocycles. The lowest BCUT2D eigenvalue weighted by Gasteiger charge is -2.31. The van der Waals surface area contributed by atoms with Crippen LogP contribution in [0.25, 0.3) is 0 Å². The van der Waals surface area contributed by atoms with E-state index in [1.807, 2.05) is 14.0 Å². The maximum absolute atomic E-state index is 9.48. The maximum atomic E-state index is 9.48. The van der Waals surface area contributed by atoms with E-state index in [0.29, 0.717) is 0 Å². The van der Waals surface area contributed by atoms with E-state index in [4.69, 9.17) is 4.74 Å². The Bertz CT molecular complexity index is 176. The van der Waals surface area contributed by atoms with Crippen LogP contribution in [-0.4, -0.2) is 62.0 Å². The van der Waals surface area contributed by atoms with Crippen molar-refractivity contribution in [1.82, 2.24) is 10.2 Å². The quantitative estimate of drug-likeness (QED) is 0.522. The molecule has 2 N–H and O–H groups in total. The van der Waals surface area contributed by atoms with Crippen molar-refractivity contribution in [3.63, 3.8) is 0 Å². The molecule has 0 aromatic heterocycles. The first kappa shape index (κ1) is 17.8. The molecule has 0 saturated heterocycles. The molecule has 110 valence electrons. The third-order valence-corrected chi connectivity index (χ3v) is 3.84. The van der Waals surface area contributed by atoms with Crippen LogP contribution in [0.1, 0.15) is 40.0 Å². The molecule has 0 spiro atoms. The van der Waals surface area contributed by atoms with Crippen LogP contribution in [0.5, 0.6) is 0 Å². The first-order valence-electron chi connectivity index (χ1n) is 7.27. The zero-order chi connectivity index (χ0) is 13.9. The molecular formula is C14H32N2O2. The van der Waals surface area contributed by atoms with E-state index < -0.39 is 0 Å². The van der Waals surface area contributed by atoms with Gasteiger partial charge in [-0.2, -0.15) is 0 Å². The molecule has 0 aromatic carbocycles. The van der Waals surface area contributed by atoms with E-state index in [0.717, 1.165) is 52.1 Å². The Balaban J connectivity index is 3.90. The highest BCUT2D eigenvalue weighted by molar-refractivity contribution is 4.84. The summed E-state index contributed by atoms with van der Waals surface area (Å²) in [5.41, 5.74) is -0.0979. The molecule has 1 unspecified atom stereocenters. The van der Waals surface area contributed by atoms with Gasteiger partial charge < -0.3 is 20.1 Å². The Morgan fingerprint density at radius 3 is 2.39 bits per heavy atom. The summed E-state index contributed by atoms with van der Waals surface area (Å²) < 4.78 is 5.38. The second kappa shape index (κ2) is 10.7. The lowest BCUT2D eigenvalue weighted by atomic mass is 9.91. The molecule has 0 radical (unpaired) electrons. The molecule has 0 aliphatic heterocycles. The third kappa shape index (κ3) is 6.69. The van der Waals surface area contributed by atoms with Crippen molar-refractivity contribution in [2.75, 3.05) is 46.5 Å². The highest BCUT2D eigenvalue weighted by Crippen LogP contribution is 2.16. The summed E-state index contributed by atoms with van der Waals surface area (Å²) in [5, 5.41) is 12.7. The van der Waals surface area contributed by atoms with Crippen LogP contribution >= 0.6 is 0 Å². The average Bonchev–Trinajstić information content (AvgIpc) is 2.42. The Labute approximate surface area is 113 Å². The van der Waals surface area contributed by atoms with Crippen molar-refractivity contribution < 1.29 is 9.84 Å². The Morgan fingerprint density at radius 1 is 1.22 bits per heavy atom. The second-order valence-electron chi connectivity index (χ2n) is 4.78. The van der Waals surface area contributed by atoms with E-state index in [1.54, 1.807) is 0 Å². The van der Waals surface area contributed by atoms with Crippen molar-refractivity contribution in [3.8, 4) is 0 Å². The zero-order valence-electron chi connectivity index (χ0n) is 12.7. The van der Waals surface area contributed by atoms with Crippen molar-refractivity contribution in [3.05, 3.63) is 0 Å². The minimum atomic E-state index is -0.0979. The van der Waals surface area contributed by atoms with E-state index in [9.17, 15) is 5.11 Å². The summed E-state index contributed by atoms with van der Waals surface area (Å²) >= 11 is 0. The molecule has 0 aliphatic carbocycles. The number of aliphatic hydroxyl groups excluding tert-OH is 1. The van der Waals surface area contributed by atoms with Gasteiger partial charge in [0.1, 0.15) is 0 Å². The van der Waals surface area contributed by atoms with E-state index in [-0.39, 0.29) is 12.1 Å². The molecule has 0 saturated carbocycles. The fourth-order valence-electron chi connectivity index (χ4n) is 2.16. The number of nitrogens with one attached hydrogen (secondary N) is 1. The lowest BCUT2D eigenvalue weighted by molar-refractivity contribution is 0.109. The van der Waals surface area contributed by atoms with Gasteiger partial charge in [-0.1, -0.05) is 13.8 Å². The molecule has 0 bridgehead atoms. The van der Waals surface area contributed by atoms with Gasteiger partial charge in [-0.05, 0) is 46.3 Å². The normalized spacial score (nSPS) is 15.0. The predicted octanol–water partition coefficient (Wildman–Crippen LogP) is 1.49. The predicted molar refractivity (Wildman–Crippen MR) is 77.0 cm³/mol. The Kier molecular flexibility index (Phi) is 10.6. The average molecular weight is 260 g/mol. The van der Waals surface area contributed by atoms with Crippen LogP contribution in [0.2, 0.25) is 0 Å². The van der Waals surface area contributed by atoms with Gasteiger partial charge in [0.05, 0.1) is 13.2 Å². The minimum Gasteiger partial charge on any atom is -0.394 e. The number of nitrogens with zero attached hydrogens (tertiary/aromatic N) is 1. The fourth-order valence-corrected chi connectivity index (χ4v) is 2.16. The van der Waals surface area contributed by atoms with Crippen LogP contribution in [0.4, 0.5) is 0 Å². The van der Waals surface area contributed by atoms with Crippen LogP contribution in [0.15, 0.2) is 0 Å². The minimum absolute atomic E-state index is 0.0979. The lowest BCUT2D eigenvalue weighted by Crippen LogP contribution is -2.46. The van der Waals surface area contributed by atoms with Crippen LogP contribution < -0.4 is 5.32 Å². The molecule has 1 atom stereocenters. The molecular weight excluding hydrogens is 228 g/mol. The summed E-state index contributed by atoms with van der Waals surface area (Å²) in [4.78, 5) is 2.41. The summed E-state index contributed by atoms with van der Waals surface area (Å²) in [6.07, 6.45) is 3.09. The molecule has 18 heavy (non-hydrogen) atoms. The number of likely N-dealkylation sites (N-methyl/N-ethyl adjacent to an activating group) is 2. The first-order chi connectivity index (χ1) is 8.67. The summed E-state index contributed by atoms with van der Waals surface area (Å²) in [5.74, 6) is 0. The van der Waals surface area contributed by atoms with E-state index in [2.05, 4.69) is 24.1 Å². The van der Waals surface area contributed by atoms with Crippen molar-refractivity contribution in [2.24, 2.45) is 0 Å². The van der Waals surface area contributed by atoms with E-state index in [1.165, 1.54) is 0 Å². The van der Waals surface area contributed by atoms with Crippen LogP contribution in [-0.2, 0) is 4.74 Å². The van der Waals surface area contributed by atoms with Crippen molar-refractivity contribution >= 4 is 0 Å². The van der Waals surface area contributed by atoms with Gasteiger partial charge >= 0.3 is 0 Å². The summed E-state index contributed by atoms with van der Waals surface area (Å²) in [6.45, 7) is 11.3. The second-order valence-corrected chi connectivity index (χ2v) is 4.78. The van der Waals surface area contributed by atoms with Gasteiger partial charge in [0.15, 0.2) is 0 Å². The third-order valence-electron chi connectivity index (χ3n) is 3.84. The number of hydrogen-bond donors (Lipinski definition) is 2. The monoisotopic (exact) mass is 260 g/mol. The van der Waals surface area contributed by atoms with Crippen LogP contribution in [0, 0.1) is 0 Å². The standard InChI is InChI=1S/C14H32N2O2/c1-5-14(13-17,15-4)9-8-10-16(6-2)11-12-18-7-3/h15,17H,5-13H2,1-4H3. The number of rotatable bonds is 12. The van der Waals surface area contributed by atoms with Gasteiger partial charge in [0.25, 0.3) is 0 Å². The molecule has 0 rings (SSSR count). The van der Waals surface area contributed by atoms with Gasteiger partial charge in [-0.15, -0.1) is 0 Å². The van der Waals surface area contributed by atoms with Crippen LogP contribution in [0.3, 0.4) is 0 Å². The van der Waals surface area contributed by atoms with Crippen molar-refractivity contribution in [1.29, 1.82) is 0 Å². The zero-order valence-corrected chi connectivity index (χ0v) is 12.7. The number of hydrogen-bond acceptors (Lipinski definition) is 4. The molecule has 0 amide bonds. The van der Waals surface area contributed by atoms with Gasteiger partial charge in [0.2, 0.25) is 0 Å².